The molecular formula is C19H23FN4O. The second kappa shape index (κ2) is 6.26. The highest BCUT2D eigenvalue weighted by atomic mass is 19.1. The van der Waals surface area contributed by atoms with Crippen molar-refractivity contribution >= 4 is 5.91 Å². The van der Waals surface area contributed by atoms with Gasteiger partial charge in [-0.3, -0.25) is 14.7 Å². The second-order valence-corrected chi connectivity index (χ2v) is 7.14. The van der Waals surface area contributed by atoms with Crippen LogP contribution in [0, 0.1) is 11.7 Å². The molecule has 3 fully saturated rings. The number of pyridine rings is 1. The Morgan fingerprint density at radius 3 is 2.64 bits per heavy atom. The predicted molar refractivity (Wildman–Crippen MR) is 93.6 cm³/mol. The van der Waals surface area contributed by atoms with Crippen molar-refractivity contribution in [2.24, 2.45) is 13.0 Å². The molecule has 3 saturated heterocycles. The van der Waals surface area contributed by atoms with Crippen molar-refractivity contribution in [3.05, 3.63) is 42.0 Å². The fourth-order valence-electron chi connectivity index (χ4n) is 4.29. The molecule has 2 bridgehead atoms. The lowest BCUT2D eigenvalue weighted by atomic mass is 9.79. The van der Waals surface area contributed by atoms with E-state index in [2.05, 4.69) is 22.1 Å². The Hall–Kier alpha value is -2.21. The minimum atomic E-state index is -0.368. The summed E-state index contributed by atoms with van der Waals surface area (Å²) in [6.45, 7) is 4.49. The average molecular weight is 342 g/mol. The molecule has 2 atom stereocenters. The monoisotopic (exact) mass is 342 g/mol. The fourth-order valence-corrected chi connectivity index (χ4v) is 4.29. The molecule has 0 radical (unpaired) electrons. The highest BCUT2D eigenvalue weighted by molar-refractivity contribution is 5.94. The molecule has 2 aromatic heterocycles. The highest BCUT2D eigenvalue weighted by Crippen LogP contribution is 2.32. The van der Waals surface area contributed by atoms with E-state index in [0.717, 1.165) is 31.6 Å². The number of aromatic nitrogens is 2. The standard InChI is InChI=1S/C19H23FN4O/c1-12-18(13-7-9-24(12)10-8-13)22-19(25)17-6-5-16(23(17)2)15-4-3-14(20)11-21-15/h3-6,11-13,18H,7-10H2,1-2H3,(H,22,25)/t12-,18+/m1/s1. The number of rotatable bonds is 3. The van der Waals surface area contributed by atoms with Crippen LogP contribution in [0.25, 0.3) is 11.4 Å². The number of amides is 1. The number of carbonyl (C=O) groups excluding carboxylic acids is 1. The van der Waals surface area contributed by atoms with Crippen molar-refractivity contribution in [1.82, 2.24) is 19.8 Å². The van der Waals surface area contributed by atoms with E-state index in [1.165, 1.54) is 12.3 Å². The third-order valence-electron chi connectivity index (χ3n) is 5.82. The van der Waals surface area contributed by atoms with Gasteiger partial charge < -0.3 is 9.88 Å². The van der Waals surface area contributed by atoms with Crippen LogP contribution in [0.15, 0.2) is 30.5 Å². The quantitative estimate of drug-likeness (QED) is 0.932. The SMILES string of the molecule is C[C@@H]1[C@H](NC(=O)c2ccc(-c3ccc(F)cn3)n2C)C2CCN1CC2. The third-order valence-corrected chi connectivity index (χ3v) is 5.82. The zero-order valence-corrected chi connectivity index (χ0v) is 14.6. The Morgan fingerprint density at radius 2 is 2.00 bits per heavy atom. The van der Waals surface area contributed by atoms with E-state index in [4.69, 9.17) is 0 Å². The van der Waals surface area contributed by atoms with Crippen LogP contribution in [0.1, 0.15) is 30.3 Å². The molecule has 3 aliphatic heterocycles. The van der Waals surface area contributed by atoms with Crippen molar-refractivity contribution < 1.29 is 9.18 Å². The first kappa shape index (κ1) is 16.3. The van der Waals surface area contributed by atoms with Gasteiger partial charge in [0.25, 0.3) is 5.91 Å². The second-order valence-electron chi connectivity index (χ2n) is 7.14. The molecule has 0 unspecified atom stereocenters. The minimum absolute atomic E-state index is 0.0542. The van der Waals surface area contributed by atoms with Gasteiger partial charge in [-0.25, -0.2) is 4.39 Å². The maximum Gasteiger partial charge on any atom is 0.268 e. The number of halogens is 1. The molecule has 0 saturated carbocycles. The fraction of sp³-hybridized carbons (Fsp3) is 0.474. The molecule has 1 N–H and O–H groups in total. The van der Waals surface area contributed by atoms with Crippen LogP contribution >= 0.6 is 0 Å². The molecule has 3 aliphatic rings. The van der Waals surface area contributed by atoms with E-state index in [9.17, 15) is 9.18 Å². The normalized spacial score (nSPS) is 28.1. The van der Waals surface area contributed by atoms with Gasteiger partial charge >= 0.3 is 0 Å². The Balaban J connectivity index is 1.54. The maximum absolute atomic E-state index is 13.1. The highest BCUT2D eigenvalue weighted by Gasteiger charge is 2.40. The van der Waals surface area contributed by atoms with Crippen LogP contribution in [-0.4, -0.2) is 45.5 Å². The summed E-state index contributed by atoms with van der Waals surface area (Å²) in [5.74, 6) is 0.149. The van der Waals surface area contributed by atoms with Crippen LogP contribution in [0.4, 0.5) is 4.39 Å². The smallest absolute Gasteiger partial charge is 0.268 e. The van der Waals surface area contributed by atoms with Crippen LogP contribution < -0.4 is 5.32 Å². The summed E-state index contributed by atoms with van der Waals surface area (Å²) in [4.78, 5) is 19.4. The van der Waals surface area contributed by atoms with E-state index >= 15 is 0 Å². The number of carbonyl (C=O) groups is 1. The summed E-state index contributed by atoms with van der Waals surface area (Å²) in [6.07, 6.45) is 3.51. The van der Waals surface area contributed by atoms with Gasteiger partial charge in [0.2, 0.25) is 0 Å². The number of nitrogens with zero attached hydrogens (tertiary/aromatic N) is 3. The first-order valence-electron chi connectivity index (χ1n) is 8.87. The average Bonchev–Trinajstić information content (AvgIpc) is 3.01. The Bertz CT molecular complexity index is 775. The maximum atomic E-state index is 13.1. The van der Waals surface area contributed by atoms with E-state index in [0.29, 0.717) is 23.3 Å². The van der Waals surface area contributed by atoms with Crippen molar-refractivity contribution in [1.29, 1.82) is 0 Å². The predicted octanol–water partition coefficient (Wildman–Crippen LogP) is 2.44. The lowest BCUT2D eigenvalue weighted by Crippen LogP contribution is -2.62. The van der Waals surface area contributed by atoms with E-state index in [1.807, 2.05) is 23.7 Å². The van der Waals surface area contributed by atoms with Crippen molar-refractivity contribution in [2.75, 3.05) is 13.1 Å². The first-order chi connectivity index (χ1) is 12.0. The van der Waals surface area contributed by atoms with Crippen molar-refractivity contribution in [3.8, 4) is 11.4 Å². The summed E-state index contributed by atoms with van der Waals surface area (Å²) in [5, 5.41) is 3.25. The van der Waals surface area contributed by atoms with Crippen LogP contribution in [0.3, 0.4) is 0 Å². The topological polar surface area (TPSA) is 50.2 Å². The Kier molecular flexibility index (Phi) is 4.07. The van der Waals surface area contributed by atoms with Crippen LogP contribution in [0.2, 0.25) is 0 Å². The van der Waals surface area contributed by atoms with E-state index in [1.54, 1.807) is 6.07 Å². The van der Waals surface area contributed by atoms with Gasteiger partial charge in [-0.2, -0.15) is 0 Å². The van der Waals surface area contributed by atoms with Crippen LogP contribution in [0.5, 0.6) is 0 Å². The van der Waals surface area contributed by atoms with E-state index in [-0.39, 0.29) is 17.8 Å². The lowest BCUT2D eigenvalue weighted by Gasteiger charge is -2.49. The van der Waals surface area contributed by atoms with Crippen LogP contribution in [-0.2, 0) is 7.05 Å². The third kappa shape index (κ3) is 2.84. The van der Waals surface area contributed by atoms with Gasteiger partial charge in [0.15, 0.2) is 0 Å². The lowest BCUT2D eigenvalue weighted by molar-refractivity contribution is 0.0215. The molecule has 5 heterocycles. The molecule has 0 aliphatic carbocycles. The van der Waals surface area contributed by atoms with Gasteiger partial charge in [-0.15, -0.1) is 0 Å². The molecule has 25 heavy (non-hydrogen) atoms. The summed E-state index contributed by atoms with van der Waals surface area (Å²) in [7, 11) is 1.84. The van der Waals surface area contributed by atoms with Gasteiger partial charge in [-0.1, -0.05) is 0 Å². The van der Waals surface area contributed by atoms with E-state index < -0.39 is 0 Å². The Labute approximate surface area is 146 Å². The van der Waals surface area contributed by atoms with Crippen molar-refractivity contribution in [2.45, 2.75) is 31.8 Å². The zero-order valence-electron chi connectivity index (χ0n) is 14.6. The molecule has 0 aromatic carbocycles. The number of piperidine rings is 3. The van der Waals surface area contributed by atoms with Gasteiger partial charge in [-0.05, 0) is 63.0 Å². The molecule has 6 heteroatoms. The zero-order chi connectivity index (χ0) is 17.6. The van der Waals surface area contributed by atoms with Gasteiger partial charge in [0.05, 0.1) is 17.6 Å². The minimum Gasteiger partial charge on any atom is -0.346 e. The Morgan fingerprint density at radius 1 is 1.24 bits per heavy atom. The number of nitrogens with one attached hydrogen (secondary N) is 1. The molecule has 5 rings (SSSR count). The molecule has 0 spiro atoms. The summed E-state index contributed by atoms with van der Waals surface area (Å²) in [6, 6.07) is 7.26. The summed E-state index contributed by atoms with van der Waals surface area (Å²) < 4.78 is 14.9. The molecule has 132 valence electrons. The van der Waals surface area contributed by atoms with Gasteiger partial charge in [0, 0.05) is 19.1 Å². The largest absolute Gasteiger partial charge is 0.346 e. The van der Waals surface area contributed by atoms with Crippen molar-refractivity contribution in [3.63, 3.8) is 0 Å². The molecule has 2 aromatic rings. The molecular weight excluding hydrogens is 319 g/mol. The number of fused-ring (bicyclic) bond motifs is 3. The first-order valence-corrected chi connectivity index (χ1v) is 8.87. The molecule has 1 amide bonds. The number of hydrogen-bond donors (Lipinski definition) is 1. The summed E-state index contributed by atoms with van der Waals surface area (Å²) in [5.41, 5.74) is 2.05. The molecule has 5 nitrogen and oxygen atoms in total. The number of hydrogen-bond acceptors (Lipinski definition) is 3. The van der Waals surface area contributed by atoms with Gasteiger partial charge in [0.1, 0.15) is 11.5 Å². The summed E-state index contributed by atoms with van der Waals surface area (Å²) >= 11 is 0.